The van der Waals surface area contributed by atoms with E-state index in [2.05, 4.69) is 15.4 Å². The fraction of sp³-hybridized carbons (Fsp3) is 0.133. The van der Waals surface area contributed by atoms with Crippen LogP contribution in [-0.2, 0) is 17.5 Å². The van der Waals surface area contributed by atoms with Gasteiger partial charge in [0.25, 0.3) is 0 Å². The van der Waals surface area contributed by atoms with E-state index in [9.17, 15) is 18.0 Å². The van der Waals surface area contributed by atoms with Gasteiger partial charge in [0.05, 0.1) is 16.2 Å². The Hall–Kier alpha value is -2.61. The molecule has 0 unspecified atom stereocenters. The van der Waals surface area contributed by atoms with Gasteiger partial charge in [-0.1, -0.05) is 11.6 Å². The van der Waals surface area contributed by atoms with Crippen LogP contribution in [0.1, 0.15) is 5.69 Å². The number of hydrogen-bond donors (Lipinski definition) is 1. The van der Waals surface area contributed by atoms with Gasteiger partial charge in [0.2, 0.25) is 5.91 Å². The van der Waals surface area contributed by atoms with Crippen molar-refractivity contribution in [2.75, 3.05) is 5.32 Å². The van der Waals surface area contributed by atoms with Crippen LogP contribution in [0.3, 0.4) is 0 Å². The number of carbonyl (C=O) groups excluding carboxylic acids is 1. The minimum absolute atomic E-state index is 0.347. The molecule has 5 nitrogen and oxygen atoms in total. The molecular formula is C15H10ClF3N4O. The standard InChI is InChI=1S/C15H10ClF3N4O/c16-10-3-4-11(9-2-1-6-20-14(9)10)21-13(24)8-23-7-5-12(22-23)15(17,18)19/h1-7H,8H2,(H,21,24). The number of nitrogens with one attached hydrogen (secondary N) is 1. The topological polar surface area (TPSA) is 59.8 Å². The third kappa shape index (κ3) is 3.33. The molecule has 0 spiro atoms. The molecule has 0 saturated heterocycles. The predicted octanol–water partition coefficient (Wildman–Crippen LogP) is 3.74. The van der Waals surface area contributed by atoms with Crippen molar-refractivity contribution in [2.45, 2.75) is 12.7 Å². The number of aromatic nitrogens is 3. The fourth-order valence-electron chi connectivity index (χ4n) is 2.18. The number of halogens is 4. The Labute approximate surface area is 139 Å². The van der Waals surface area contributed by atoms with Crippen molar-refractivity contribution in [3.05, 3.63) is 53.4 Å². The molecule has 124 valence electrons. The van der Waals surface area contributed by atoms with Gasteiger partial charge < -0.3 is 5.32 Å². The average molecular weight is 355 g/mol. The Morgan fingerprint density at radius 3 is 2.75 bits per heavy atom. The first kappa shape index (κ1) is 16.3. The highest BCUT2D eigenvalue weighted by Gasteiger charge is 2.33. The highest BCUT2D eigenvalue weighted by atomic mass is 35.5. The zero-order valence-corrected chi connectivity index (χ0v) is 12.8. The maximum Gasteiger partial charge on any atom is 0.435 e. The van der Waals surface area contributed by atoms with Gasteiger partial charge in [-0.2, -0.15) is 18.3 Å². The van der Waals surface area contributed by atoms with Crippen LogP contribution < -0.4 is 5.32 Å². The van der Waals surface area contributed by atoms with Gasteiger partial charge in [0.15, 0.2) is 5.69 Å². The molecule has 9 heteroatoms. The van der Waals surface area contributed by atoms with Gasteiger partial charge in [0.1, 0.15) is 6.54 Å². The number of carbonyl (C=O) groups is 1. The highest BCUT2D eigenvalue weighted by Crippen LogP contribution is 2.28. The third-order valence-corrected chi connectivity index (χ3v) is 3.54. The number of rotatable bonds is 3. The Balaban J connectivity index is 1.78. The largest absolute Gasteiger partial charge is 0.435 e. The summed E-state index contributed by atoms with van der Waals surface area (Å²) in [5.74, 6) is -0.515. The normalized spacial score (nSPS) is 11.7. The number of benzene rings is 1. The molecule has 3 aromatic rings. The van der Waals surface area contributed by atoms with Crippen LogP contribution in [0.4, 0.5) is 18.9 Å². The molecule has 0 aliphatic rings. The molecule has 1 aromatic carbocycles. The first-order chi connectivity index (χ1) is 11.3. The average Bonchev–Trinajstić information content (AvgIpc) is 2.99. The summed E-state index contributed by atoms with van der Waals surface area (Å²) < 4.78 is 38.4. The van der Waals surface area contributed by atoms with Gasteiger partial charge >= 0.3 is 6.18 Å². The predicted molar refractivity (Wildman–Crippen MR) is 82.6 cm³/mol. The number of hydrogen-bond acceptors (Lipinski definition) is 3. The van der Waals surface area contributed by atoms with Crippen LogP contribution in [0.5, 0.6) is 0 Å². The zero-order chi connectivity index (χ0) is 17.3. The van der Waals surface area contributed by atoms with Crippen molar-refractivity contribution in [3.8, 4) is 0 Å². The summed E-state index contributed by atoms with van der Waals surface area (Å²) in [6.07, 6.45) is -1.87. The second-order valence-electron chi connectivity index (χ2n) is 4.94. The lowest BCUT2D eigenvalue weighted by molar-refractivity contribution is -0.141. The lowest BCUT2D eigenvalue weighted by atomic mass is 10.2. The molecule has 2 aromatic heterocycles. The minimum atomic E-state index is -4.54. The van der Waals surface area contributed by atoms with Crippen LogP contribution in [0.15, 0.2) is 42.7 Å². The molecule has 2 heterocycles. The molecule has 0 aliphatic heterocycles. The molecule has 1 amide bonds. The van der Waals surface area contributed by atoms with E-state index in [0.717, 1.165) is 16.9 Å². The van der Waals surface area contributed by atoms with E-state index in [4.69, 9.17) is 11.6 Å². The Morgan fingerprint density at radius 2 is 2.04 bits per heavy atom. The number of pyridine rings is 1. The SMILES string of the molecule is O=C(Cn1ccc(C(F)(F)F)n1)Nc1ccc(Cl)c2ncccc12. The van der Waals surface area contributed by atoms with Crippen molar-refractivity contribution in [1.82, 2.24) is 14.8 Å². The van der Waals surface area contributed by atoms with Gasteiger partial charge in [-0.05, 0) is 30.3 Å². The van der Waals surface area contributed by atoms with E-state index in [1.165, 1.54) is 0 Å². The fourth-order valence-corrected chi connectivity index (χ4v) is 2.40. The van der Waals surface area contributed by atoms with Crippen LogP contribution in [0.2, 0.25) is 5.02 Å². The lowest BCUT2D eigenvalue weighted by Gasteiger charge is -2.09. The monoisotopic (exact) mass is 354 g/mol. The van der Waals surface area contributed by atoms with E-state index in [1.807, 2.05) is 0 Å². The zero-order valence-electron chi connectivity index (χ0n) is 12.0. The molecule has 0 bridgehead atoms. The number of nitrogens with zero attached hydrogens (tertiary/aromatic N) is 3. The van der Waals surface area contributed by atoms with E-state index < -0.39 is 17.8 Å². The van der Waals surface area contributed by atoms with Crippen LogP contribution in [0, 0.1) is 0 Å². The molecule has 0 radical (unpaired) electrons. The quantitative estimate of drug-likeness (QED) is 0.779. The molecule has 24 heavy (non-hydrogen) atoms. The van der Waals surface area contributed by atoms with E-state index in [-0.39, 0.29) is 6.54 Å². The Kier molecular flexibility index (Phi) is 4.15. The lowest BCUT2D eigenvalue weighted by Crippen LogP contribution is -2.20. The summed E-state index contributed by atoms with van der Waals surface area (Å²) in [6.45, 7) is -0.347. The smallest absolute Gasteiger partial charge is 0.324 e. The molecule has 3 rings (SSSR count). The van der Waals surface area contributed by atoms with Crippen molar-refractivity contribution < 1.29 is 18.0 Å². The summed E-state index contributed by atoms with van der Waals surface area (Å²) in [6, 6.07) is 7.43. The maximum absolute atomic E-state index is 12.5. The molecule has 0 atom stereocenters. The summed E-state index contributed by atoms with van der Waals surface area (Å²) in [4.78, 5) is 16.2. The number of alkyl halides is 3. The number of anilines is 1. The second-order valence-corrected chi connectivity index (χ2v) is 5.35. The van der Waals surface area contributed by atoms with Gasteiger partial charge in [-0.25, -0.2) is 0 Å². The molecule has 0 saturated carbocycles. The van der Waals surface area contributed by atoms with E-state index in [0.29, 0.717) is 21.6 Å². The van der Waals surface area contributed by atoms with E-state index >= 15 is 0 Å². The summed E-state index contributed by atoms with van der Waals surface area (Å²) in [5, 5.41) is 7.04. The number of fused-ring (bicyclic) bond motifs is 1. The second kappa shape index (κ2) is 6.12. The van der Waals surface area contributed by atoms with Crippen molar-refractivity contribution in [2.24, 2.45) is 0 Å². The maximum atomic E-state index is 12.5. The third-order valence-electron chi connectivity index (χ3n) is 3.23. The Morgan fingerprint density at radius 1 is 1.25 bits per heavy atom. The van der Waals surface area contributed by atoms with Crippen LogP contribution >= 0.6 is 11.6 Å². The van der Waals surface area contributed by atoms with Crippen LogP contribution in [0.25, 0.3) is 10.9 Å². The first-order valence-corrected chi connectivity index (χ1v) is 7.16. The van der Waals surface area contributed by atoms with Gasteiger partial charge in [0, 0.05) is 17.8 Å². The summed E-state index contributed by atoms with van der Waals surface area (Å²) >= 11 is 6.04. The Bertz CT molecular complexity index is 907. The van der Waals surface area contributed by atoms with Crippen molar-refractivity contribution >= 4 is 34.1 Å². The first-order valence-electron chi connectivity index (χ1n) is 6.78. The van der Waals surface area contributed by atoms with Gasteiger partial charge in [-0.3, -0.25) is 14.5 Å². The van der Waals surface area contributed by atoms with Crippen molar-refractivity contribution in [1.29, 1.82) is 0 Å². The molecule has 0 fully saturated rings. The molecular weight excluding hydrogens is 345 g/mol. The molecule has 0 aliphatic carbocycles. The summed E-state index contributed by atoms with van der Waals surface area (Å²) in [5.41, 5.74) is -0.0532. The van der Waals surface area contributed by atoms with E-state index in [1.54, 1.807) is 30.5 Å². The highest BCUT2D eigenvalue weighted by molar-refractivity contribution is 6.35. The summed E-state index contributed by atoms with van der Waals surface area (Å²) in [7, 11) is 0. The van der Waals surface area contributed by atoms with Crippen LogP contribution in [-0.4, -0.2) is 20.7 Å². The van der Waals surface area contributed by atoms with Gasteiger partial charge in [-0.15, -0.1) is 0 Å². The van der Waals surface area contributed by atoms with Crippen molar-refractivity contribution in [3.63, 3.8) is 0 Å². The molecule has 1 N–H and O–H groups in total. The number of amides is 1. The minimum Gasteiger partial charge on any atom is -0.324 e.